The highest BCUT2D eigenvalue weighted by Gasteiger charge is 2.24. The van der Waals surface area contributed by atoms with Crippen LogP contribution in [0.25, 0.3) is 28.2 Å². The second-order valence-electron chi connectivity index (χ2n) is 8.95. The summed E-state index contributed by atoms with van der Waals surface area (Å²) >= 11 is 0. The number of primary amides is 1. The Balaban J connectivity index is 1.56. The quantitative estimate of drug-likeness (QED) is 0.391. The molecule has 2 aromatic carbocycles. The summed E-state index contributed by atoms with van der Waals surface area (Å²) in [4.78, 5) is 29.6. The van der Waals surface area contributed by atoms with Crippen LogP contribution in [0.15, 0.2) is 67.1 Å². The third-order valence-electron chi connectivity index (χ3n) is 6.14. The molecule has 0 radical (unpaired) electrons. The van der Waals surface area contributed by atoms with Gasteiger partial charge in [0.2, 0.25) is 11.8 Å². The number of nitrogens with two attached hydrogens (primary N) is 1. The number of amides is 2. The molecule has 0 atom stereocenters. The molecule has 1 fully saturated rings. The fourth-order valence-corrected chi connectivity index (χ4v) is 4.27. The van der Waals surface area contributed by atoms with Crippen molar-refractivity contribution in [3.8, 4) is 28.2 Å². The van der Waals surface area contributed by atoms with Crippen LogP contribution in [0.2, 0.25) is 0 Å². The van der Waals surface area contributed by atoms with Gasteiger partial charge in [-0.25, -0.2) is 4.98 Å². The normalized spacial score (nSPS) is 13.1. The number of aryl methyl sites for hydroxylation is 2. The van der Waals surface area contributed by atoms with Crippen molar-refractivity contribution in [1.82, 2.24) is 24.6 Å². The molecule has 35 heavy (non-hydrogen) atoms. The molecule has 0 saturated heterocycles. The second kappa shape index (κ2) is 9.58. The minimum absolute atomic E-state index is 0.0909. The molecule has 0 unspecified atom stereocenters. The zero-order valence-corrected chi connectivity index (χ0v) is 19.6. The lowest BCUT2D eigenvalue weighted by atomic mass is 9.96. The molecule has 8 heteroatoms. The van der Waals surface area contributed by atoms with Gasteiger partial charge in [-0.05, 0) is 49.4 Å². The van der Waals surface area contributed by atoms with Gasteiger partial charge in [0.1, 0.15) is 5.82 Å². The van der Waals surface area contributed by atoms with Gasteiger partial charge in [0.25, 0.3) is 0 Å². The predicted molar refractivity (Wildman–Crippen MR) is 134 cm³/mol. The van der Waals surface area contributed by atoms with E-state index in [0.717, 1.165) is 35.3 Å². The van der Waals surface area contributed by atoms with Gasteiger partial charge < -0.3 is 11.1 Å². The predicted octanol–water partition coefficient (Wildman–Crippen LogP) is 3.64. The van der Waals surface area contributed by atoms with Crippen LogP contribution in [0.5, 0.6) is 0 Å². The first-order valence-electron chi connectivity index (χ1n) is 11.8. The standard InChI is InChI=1S/C27H28N6O2/c1-32-16-18(15-29-32)22-10-6-11-23(26(28)35)25(22)27-31-20(7-5-12-24(34)30-19-13-14-19)17-33(27)21-8-3-2-4-9-21/h2-4,6,8-11,15-17,19H,5,7,12-14H2,1H3,(H2,28,35)(H,30,34). The Labute approximate surface area is 203 Å². The lowest BCUT2D eigenvalue weighted by Crippen LogP contribution is -2.25. The minimum Gasteiger partial charge on any atom is -0.366 e. The van der Waals surface area contributed by atoms with Crippen LogP contribution in [-0.4, -0.2) is 37.2 Å². The smallest absolute Gasteiger partial charge is 0.249 e. The molecule has 2 aromatic heterocycles. The van der Waals surface area contributed by atoms with Gasteiger partial charge in [0.05, 0.1) is 17.5 Å². The molecule has 178 valence electrons. The third kappa shape index (κ3) is 5.01. The van der Waals surface area contributed by atoms with E-state index in [1.807, 2.05) is 66.5 Å². The molecule has 5 rings (SSSR count). The average Bonchev–Trinajstić information content (AvgIpc) is 3.39. The van der Waals surface area contributed by atoms with Crippen LogP contribution < -0.4 is 11.1 Å². The van der Waals surface area contributed by atoms with Crippen LogP contribution >= 0.6 is 0 Å². The topological polar surface area (TPSA) is 108 Å². The molecule has 1 aliphatic rings. The molecule has 0 bridgehead atoms. The van der Waals surface area contributed by atoms with Crippen molar-refractivity contribution in [3.63, 3.8) is 0 Å². The van der Waals surface area contributed by atoms with E-state index < -0.39 is 5.91 Å². The van der Waals surface area contributed by atoms with Crippen molar-refractivity contribution in [2.75, 3.05) is 0 Å². The van der Waals surface area contributed by atoms with Gasteiger partial charge in [0, 0.05) is 48.7 Å². The Morgan fingerprint density at radius 3 is 2.57 bits per heavy atom. The maximum Gasteiger partial charge on any atom is 0.249 e. The molecule has 3 N–H and O–H groups in total. The van der Waals surface area contributed by atoms with E-state index >= 15 is 0 Å². The monoisotopic (exact) mass is 468 g/mol. The van der Waals surface area contributed by atoms with Crippen molar-refractivity contribution in [2.24, 2.45) is 12.8 Å². The molecule has 1 aliphatic carbocycles. The zero-order chi connectivity index (χ0) is 24.4. The highest BCUT2D eigenvalue weighted by Crippen LogP contribution is 2.36. The highest BCUT2D eigenvalue weighted by atomic mass is 16.2. The molecule has 2 amide bonds. The Kier molecular flexibility index (Phi) is 6.18. The number of carbonyl (C=O) groups is 2. The molecule has 0 spiro atoms. The molecule has 4 aromatic rings. The fraction of sp³-hybridized carbons (Fsp3) is 0.259. The van der Waals surface area contributed by atoms with E-state index in [9.17, 15) is 9.59 Å². The molecule has 8 nitrogen and oxygen atoms in total. The summed E-state index contributed by atoms with van der Waals surface area (Å²) < 4.78 is 3.71. The van der Waals surface area contributed by atoms with E-state index in [1.54, 1.807) is 16.9 Å². The van der Waals surface area contributed by atoms with E-state index in [0.29, 0.717) is 42.3 Å². The van der Waals surface area contributed by atoms with Gasteiger partial charge in [-0.3, -0.25) is 18.8 Å². The summed E-state index contributed by atoms with van der Waals surface area (Å²) in [7, 11) is 1.85. The molecule has 2 heterocycles. The van der Waals surface area contributed by atoms with E-state index in [1.165, 1.54) is 0 Å². The van der Waals surface area contributed by atoms with Crippen LogP contribution in [-0.2, 0) is 18.3 Å². The molecular formula is C27H28N6O2. The molecular weight excluding hydrogens is 440 g/mol. The summed E-state index contributed by atoms with van der Waals surface area (Å²) in [6, 6.07) is 15.7. The van der Waals surface area contributed by atoms with E-state index in [-0.39, 0.29) is 5.91 Å². The first-order chi connectivity index (χ1) is 17.0. The zero-order valence-electron chi connectivity index (χ0n) is 19.6. The van der Waals surface area contributed by atoms with Crippen LogP contribution in [0.3, 0.4) is 0 Å². The number of nitrogens with one attached hydrogen (secondary N) is 1. The number of benzene rings is 2. The molecule has 1 saturated carbocycles. The summed E-state index contributed by atoms with van der Waals surface area (Å²) in [6.45, 7) is 0. The first kappa shape index (κ1) is 22.6. The van der Waals surface area contributed by atoms with Crippen LogP contribution in [0, 0.1) is 0 Å². The Morgan fingerprint density at radius 2 is 1.89 bits per heavy atom. The summed E-state index contributed by atoms with van der Waals surface area (Å²) in [5.41, 5.74) is 10.3. The largest absolute Gasteiger partial charge is 0.366 e. The summed E-state index contributed by atoms with van der Waals surface area (Å²) in [6.07, 6.45) is 9.60. The Bertz CT molecular complexity index is 1370. The number of hydrogen-bond donors (Lipinski definition) is 2. The van der Waals surface area contributed by atoms with Crippen LogP contribution in [0.1, 0.15) is 41.7 Å². The van der Waals surface area contributed by atoms with Crippen molar-refractivity contribution in [2.45, 2.75) is 38.1 Å². The van der Waals surface area contributed by atoms with E-state index in [2.05, 4.69) is 10.4 Å². The van der Waals surface area contributed by atoms with Crippen molar-refractivity contribution in [1.29, 1.82) is 0 Å². The van der Waals surface area contributed by atoms with Crippen molar-refractivity contribution < 1.29 is 9.59 Å². The number of carbonyl (C=O) groups excluding carboxylic acids is 2. The number of para-hydroxylation sites is 1. The van der Waals surface area contributed by atoms with Gasteiger partial charge in [-0.15, -0.1) is 0 Å². The van der Waals surface area contributed by atoms with Crippen LogP contribution in [0.4, 0.5) is 0 Å². The highest BCUT2D eigenvalue weighted by molar-refractivity contribution is 6.03. The number of hydrogen-bond acceptors (Lipinski definition) is 4. The number of imidazole rings is 1. The number of rotatable bonds is 9. The maximum atomic E-state index is 12.5. The van der Waals surface area contributed by atoms with Gasteiger partial charge >= 0.3 is 0 Å². The summed E-state index contributed by atoms with van der Waals surface area (Å²) in [5, 5.41) is 7.34. The minimum atomic E-state index is -0.522. The van der Waals surface area contributed by atoms with Crippen molar-refractivity contribution in [3.05, 3.63) is 78.4 Å². The Morgan fingerprint density at radius 1 is 1.09 bits per heavy atom. The molecule has 0 aliphatic heterocycles. The summed E-state index contributed by atoms with van der Waals surface area (Å²) in [5.74, 6) is 0.196. The van der Waals surface area contributed by atoms with Gasteiger partial charge in [-0.2, -0.15) is 5.10 Å². The first-order valence-corrected chi connectivity index (χ1v) is 11.8. The average molecular weight is 469 g/mol. The van der Waals surface area contributed by atoms with Crippen molar-refractivity contribution >= 4 is 11.8 Å². The van der Waals surface area contributed by atoms with Gasteiger partial charge in [-0.1, -0.05) is 30.3 Å². The number of nitrogens with zero attached hydrogens (tertiary/aromatic N) is 4. The van der Waals surface area contributed by atoms with E-state index in [4.69, 9.17) is 10.7 Å². The second-order valence-corrected chi connectivity index (χ2v) is 8.95. The maximum absolute atomic E-state index is 12.5. The fourth-order valence-electron chi connectivity index (χ4n) is 4.27. The SMILES string of the molecule is Cn1cc(-c2cccc(C(N)=O)c2-c2nc(CCCC(=O)NC3CC3)cn2-c2ccccc2)cn1. The number of aromatic nitrogens is 4. The lowest BCUT2D eigenvalue weighted by molar-refractivity contribution is -0.121. The Hall–Kier alpha value is -4.20. The third-order valence-corrected chi connectivity index (χ3v) is 6.14. The van der Waals surface area contributed by atoms with Gasteiger partial charge in [0.15, 0.2) is 0 Å². The lowest BCUT2D eigenvalue weighted by Gasteiger charge is -2.14.